The molecule has 0 fully saturated rings. The average molecular weight is 837 g/mol. The van der Waals surface area contributed by atoms with E-state index in [2.05, 4.69) is 149 Å². The van der Waals surface area contributed by atoms with Gasteiger partial charge in [-0.3, -0.25) is 0 Å². The predicted octanol–water partition coefficient (Wildman–Crippen LogP) is 15.1. The van der Waals surface area contributed by atoms with E-state index in [9.17, 15) is 0 Å². The van der Waals surface area contributed by atoms with Crippen molar-refractivity contribution >= 4 is 97.3 Å². The standard InChI is InChI=1S/C56H32N6OS/c1-4-13-31(14-5-1)50-49-41-27-39-37-21-10-11-22-43(37)57-45(39)29-47(41)63-56(49)62-55(59-50)36-20-12-19-34(25-36)35-23-24-44-38(26-35)40-28-42-48(30-46(40)58-44)64-53-51(32-15-6-2-7-16-32)60-54(61-52(42)53)33-17-8-3-9-18-33/h1-30,57-58H. The van der Waals surface area contributed by atoms with Crippen molar-refractivity contribution in [3.63, 3.8) is 0 Å². The van der Waals surface area contributed by atoms with Crippen molar-refractivity contribution in [3.05, 3.63) is 182 Å². The highest BCUT2D eigenvalue weighted by atomic mass is 32.1. The molecule has 14 aromatic rings. The van der Waals surface area contributed by atoms with Gasteiger partial charge in [-0.2, -0.15) is 4.98 Å². The van der Waals surface area contributed by atoms with E-state index in [1.165, 1.54) is 10.1 Å². The van der Waals surface area contributed by atoms with Crippen LogP contribution in [0.1, 0.15) is 0 Å². The minimum atomic E-state index is 0.561. The quantitative estimate of drug-likeness (QED) is 0.180. The number of benzene rings is 8. The van der Waals surface area contributed by atoms with Crippen LogP contribution in [0.25, 0.3) is 142 Å². The second kappa shape index (κ2) is 13.5. The molecule has 2 N–H and O–H groups in total. The van der Waals surface area contributed by atoms with Crippen molar-refractivity contribution < 1.29 is 4.42 Å². The van der Waals surface area contributed by atoms with Gasteiger partial charge in [-0.25, -0.2) is 15.0 Å². The van der Waals surface area contributed by atoms with Crippen molar-refractivity contribution in [1.29, 1.82) is 0 Å². The van der Waals surface area contributed by atoms with E-state index in [0.717, 1.165) is 121 Å². The molecule has 7 nitrogen and oxygen atoms in total. The van der Waals surface area contributed by atoms with Gasteiger partial charge in [0, 0.05) is 81.9 Å². The van der Waals surface area contributed by atoms with E-state index in [-0.39, 0.29) is 0 Å². The SMILES string of the molecule is c1ccc(-c2nc(-c3ccccc3)c3sc4cc5[nH]c6ccc(-c7cccc(-c8nc(-c9ccccc9)c9c(n8)oc8cc%10[nH]c%11ccccc%11c%10cc89)c7)cc6c5cc4c3n2)cc1. The lowest BCUT2D eigenvalue weighted by molar-refractivity contribution is 0.654. The number of para-hydroxylation sites is 1. The van der Waals surface area contributed by atoms with E-state index < -0.39 is 0 Å². The van der Waals surface area contributed by atoms with E-state index in [0.29, 0.717) is 11.5 Å². The van der Waals surface area contributed by atoms with Crippen molar-refractivity contribution in [1.82, 2.24) is 29.9 Å². The first-order valence-corrected chi connectivity index (χ1v) is 22.1. The van der Waals surface area contributed by atoms with Gasteiger partial charge >= 0.3 is 0 Å². The van der Waals surface area contributed by atoms with Gasteiger partial charge in [0.25, 0.3) is 0 Å². The number of hydrogen-bond acceptors (Lipinski definition) is 6. The Morgan fingerprint density at radius 2 is 0.969 bits per heavy atom. The lowest BCUT2D eigenvalue weighted by atomic mass is 10.00. The molecular formula is C56H32N6OS. The lowest BCUT2D eigenvalue weighted by Crippen LogP contribution is -1.94. The van der Waals surface area contributed by atoms with Crippen LogP contribution >= 0.6 is 11.3 Å². The van der Waals surface area contributed by atoms with Gasteiger partial charge in [-0.1, -0.05) is 133 Å². The first-order chi connectivity index (χ1) is 31.7. The van der Waals surface area contributed by atoms with Gasteiger partial charge in [0.1, 0.15) is 5.58 Å². The molecule has 0 saturated heterocycles. The van der Waals surface area contributed by atoms with E-state index in [1.807, 2.05) is 42.5 Å². The molecular weight excluding hydrogens is 805 g/mol. The summed E-state index contributed by atoms with van der Waals surface area (Å²) in [6, 6.07) is 63.5. The monoisotopic (exact) mass is 836 g/mol. The highest BCUT2D eigenvalue weighted by Gasteiger charge is 2.22. The van der Waals surface area contributed by atoms with Gasteiger partial charge in [-0.05, 0) is 53.6 Å². The predicted molar refractivity (Wildman–Crippen MR) is 264 cm³/mol. The number of nitrogens with zero attached hydrogens (tertiary/aromatic N) is 4. The fourth-order valence-corrected chi connectivity index (χ4v) is 10.7. The summed E-state index contributed by atoms with van der Waals surface area (Å²) in [5.41, 5.74) is 14.5. The Morgan fingerprint density at radius 1 is 0.375 bits per heavy atom. The smallest absolute Gasteiger partial charge is 0.231 e. The Balaban J connectivity index is 0.912. The zero-order valence-corrected chi connectivity index (χ0v) is 34.7. The minimum absolute atomic E-state index is 0.561. The molecule has 0 unspecified atom stereocenters. The number of rotatable bonds is 5. The highest BCUT2D eigenvalue weighted by molar-refractivity contribution is 7.26. The molecule has 0 radical (unpaired) electrons. The maximum Gasteiger partial charge on any atom is 0.231 e. The molecule has 6 aromatic heterocycles. The molecule has 298 valence electrons. The minimum Gasteiger partial charge on any atom is -0.437 e. The fraction of sp³-hybridized carbons (Fsp3) is 0. The summed E-state index contributed by atoms with van der Waals surface area (Å²) in [5, 5.41) is 7.64. The molecule has 0 atom stereocenters. The summed E-state index contributed by atoms with van der Waals surface area (Å²) in [6.07, 6.45) is 0. The normalized spacial score (nSPS) is 12.1. The van der Waals surface area contributed by atoms with E-state index in [4.69, 9.17) is 24.4 Å². The van der Waals surface area contributed by atoms with Crippen LogP contribution in [-0.4, -0.2) is 29.9 Å². The van der Waals surface area contributed by atoms with Crippen molar-refractivity contribution in [2.24, 2.45) is 0 Å². The Labute approximate surface area is 368 Å². The molecule has 0 aliphatic rings. The number of nitrogens with one attached hydrogen (secondary N) is 2. The molecule has 8 aromatic carbocycles. The van der Waals surface area contributed by atoms with Crippen LogP contribution in [0, 0.1) is 0 Å². The zero-order valence-electron chi connectivity index (χ0n) is 33.9. The van der Waals surface area contributed by atoms with Gasteiger partial charge < -0.3 is 14.4 Å². The molecule has 8 heteroatoms. The summed E-state index contributed by atoms with van der Waals surface area (Å²) >= 11 is 1.75. The van der Waals surface area contributed by atoms with Crippen molar-refractivity contribution in [3.8, 4) is 56.4 Å². The maximum atomic E-state index is 6.60. The third kappa shape index (κ3) is 5.39. The lowest BCUT2D eigenvalue weighted by Gasteiger charge is -2.09. The van der Waals surface area contributed by atoms with Crippen LogP contribution < -0.4 is 0 Å². The Hall–Kier alpha value is -8.46. The van der Waals surface area contributed by atoms with Crippen LogP contribution in [0.4, 0.5) is 0 Å². The summed E-state index contributed by atoms with van der Waals surface area (Å²) in [6.45, 7) is 0. The molecule has 14 rings (SSSR count). The topological polar surface area (TPSA) is 96.3 Å². The number of H-pyrrole nitrogens is 2. The fourth-order valence-electron chi connectivity index (χ4n) is 9.51. The largest absolute Gasteiger partial charge is 0.437 e. The number of aromatic nitrogens is 6. The van der Waals surface area contributed by atoms with Gasteiger partial charge in [0.15, 0.2) is 11.6 Å². The van der Waals surface area contributed by atoms with Crippen LogP contribution in [-0.2, 0) is 0 Å². The third-order valence-electron chi connectivity index (χ3n) is 12.6. The number of thiophene rings is 1. The van der Waals surface area contributed by atoms with E-state index in [1.54, 1.807) is 11.3 Å². The second-order valence-electron chi connectivity index (χ2n) is 16.4. The second-order valence-corrected chi connectivity index (χ2v) is 17.4. The number of fused-ring (bicyclic) bond motifs is 12. The summed E-state index contributed by atoms with van der Waals surface area (Å²) < 4.78 is 8.85. The molecule has 0 saturated carbocycles. The molecule has 0 amide bonds. The first kappa shape index (κ1) is 35.2. The number of hydrogen-bond donors (Lipinski definition) is 2. The summed E-state index contributed by atoms with van der Waals surface area (Å²) in [5.74, 6) is 1.33. The Morgan fingerprint density at radius 3 is 1.78 bits per heavy atom. The van der Waals surface area contributed by atoms with Crippen LogP contribution in [0.15, 0.2) is 186 Å². The first-order valence-electron chi connectivity index (χ1n) is 21.3. The van der Waals surface area contributed by atoms with Gasteiger partial charge in [-0.15, -0.1) is 11.3 Å². The number of furan rings is 1. The highest BCUT2D eigenvalue weighted by Crippen LogP contribution is 2.44. The average Bonchev–Trinajstić information content (AvgIpc) is 4.12. The van der Waals surface area contributed by atoms with Crippen LogP contribution in [0.5, 0.6) is 0 Å². The molecule has 6 heterocycles. The van der Waals surface area contributed by atoms with Crippen molar-refractivity contribution in [2.45, 2.75) is 0 Å². The van der Waals surface area contributed by atoms with Crippen LogP contribution in [0.3, 0.4) is 0 Å². The molecule has 64 heavy (non-hydrogen) atoms. The van der Waals surface area contributed by atoms with Crippen LogP contribution in [0.2, 0.25) is 0 Å². The maximum absolute atomic E-state index is 6.60. The molecule has 0 bridgehead atoms. The zero-order chi connectivity index (χ0) is 41.9. The molecule has 0 spiro atoms. The van der Waals surface area contributed by atoms with Gasteiger partial charge in [0.05, 0.1) is 32.5 Å². The summed E-state index contributed by atoms with van der Waals surface area (Å²) in [4.78, 5) is 28.1. The summed E-state index contributed by atoms with van der Waals surface area (Å²) in [7, 11) is 0. The Bertz CT molecular complexity index is 4190. The van der Waals surface area contributed by atoms with Crippen molar-refractivity contribution in [2.75, 3.05) is 0 Å². The molecule has 0 aliphatic carbocycles. The Kier molecular flexibility index (Phi) is 7.43. The van der Waals surface area contributed by atoms with E-state index >= 15 is 0 Å². The van der Waals surface area contributed by atoms with Gasteiger partial charge in [0.2, 0.25) is 5.71 Å². The number of aromatic amines is 2. The molecule has 0 aliphatic heterocycles. The third-order valence-corrected chi connectivity index (χ3v) is 13.7.